The molecule has 0 aliphatic carbocycles. The second kappa shape index (κ2) is 7.57. The molecule has 5 heteroatoms. The van der Waals surface area contributed by atoms with Crippen molar-refractivity contribution in [1.29, 1.82) is 0 Å². The molecular formula is C15H23O4Si. The summed E-state index contributed by atoms with van der Waals surface area (Å²) in [5, 5.41) is 9.67. The van der Waals surface area contributed by atoms with Gasteiger partial charge in [0.05, 0.1) is 6.61 Å². The average molecular weight is 295 g/mol. The van der Waals surface area contributed by atoms with Gasteiger partial charge < -0.3 is 14.3 Å². The predicted molar refractivity (Wildman–Crippen MR) is 80.6 cm³/mol. The second-order valence-corrected chi connectivity index (χ2v) is 7.58. The largest absolute Gasteiger partial charge is 0.494 e. The van der Waals surface area contributed by atoms with E-state index in [1.54, 1.807) is 31.4 Å². The van der Waals surface area contributed by atoms with Crippen LogP contribution in [0.2, 0.25) is 12.6 Å². The van der Waals surface area contributed by atoms with Gasteiger partial charge in [-0.25, -0.2) is 0 Å². The van der Waals surface area contributed by atoms with Crippen LogP contribution in [0.15, 0.2) is 24.3 Å². The van der Waals surface area contributed by atoms with Gasteiger partial charge in [-0.1, -0.05) is 0 Å². The highest BCUT2D eigenvalue weighted by Gasteiger charge is 2.24. The summed E-state index contributed by atoms with van der Waals surface area (Å²) in [6.07, 6.45) is 0.961. The maximum atomic E-state index is 11.8. The van der Waals surface area contributed by atoms with Gasteiger partial charge in [0.1, 0.15) is 11.4 Å². The van der Waals surface area contributed by atoms with Gasteiger partial charge >= 0.3 is 0 Å². The van der Waals surface area contributed by atoms with Crippen molar-refractivity contribution in [3.8, 4) is 5.75 Å². The van der Waals surface area contributed by atoms with Crippen LogP contribution in [0.25, 0.3) is 0 Å². The Bertz CT molecular complexity index is 422. The normalized spacial score (nSPS) is 11.7. The molecule has 0 saturated carbocycles. The highest BCUT2D eigenvalue weighted by Crippen LogP contribution is 2.17. The van der Waals surface area contributed by atoms with Gasteiger partial charge in [0.15, 0.2) is 5.78 Å². The van der Waals surface area contributed by atoms with Crippen LogP contribution < -0.4 is 4.74 Å². The maximum Gasteiger partial charge on any atom is 0.207 e. The molecule has 4 nitrogen and oxygen atoms in total. The van der Waals surface area contributed by atoms with Crippen molar-refractivity contribution in [2.24, 2.45) is 0 Å². The molecule has 0 bridgehead atoms. The van der Waals surface area contributed by atoms with E-state index in [0.717, 1.165) is 18.2 Å². The monoisotopic (exact) mass is 295 g/mol. The Balaban J connectivity index is 2.45. The third-order valence-corrected chi connectivity index (χ3v) is 4.72. The molecule has 0 saturated heterocycles. The van der Waals surface area contributed by atoms with E-state index in [1.165, 1.54) is 13.8 Å². The molecule has 0 heterocycles. The molecule has 0 unspecified atom stereocenters. The quantitative estimate of drug-likeness (QED) is 0.455. The van der Waals surface area contributed by atoms with Crippen molar-refractivity contribution in [1.82, 2.24) is 0 Å². The summed E-state index contributed by atoms with van der Waals surface area (Å²) in [4.78, 5) is 11.8. The summed E-state index contributed by atoms with van der Waals surface area (Å²) >= 11 is 0. The standard InChI is InChI=1S/C15H23O4Si/c1-15(2,17)14(16)12-6-8-13(9-7-12)19-10-5-11-20(4)18-3/h6-9,17H,5,10-11H2,1-4H3. The first-order valence-corrected chi connectivity index (χ1v) is 8.82. The minimum Gasteiger partial charge on any atom is -0.494 e. The zero-order valence-electron chi connectivity index (χ0n) is 12.6. The lowest BCUT2D eigenvalue weighted by molar-refractivity contribution is 0.0488. The highest BCUT2D eigenvalue weighted by atomic mass is 28.3. The van der Waals surface area contributed by atoms with Gasteiger partial charge in [0.2, 0.25) is 9.04 Å². The van der Waals surface area contributed by atoms with Gasteiger partial charge in [-0.2, -0.15) is 0 Å². The molecule has 1 aromatic rings. The molecule has 0 aliphatic rings. The van der Waals surface area contributed by atoms with Gasteiger partial charge in [0, 0.05) is 12.7 Å². The van der Waals surface area contributed by atoms with Crippen LogP contribution in [0, 0.1) is 0 Å². The van der Waals surface area contributed by atoms with Crippen LogP contribution in [0.5, 0.6) is 5.75 Å². The first kappa shape index (κ1) is 16.9. The minimum atomic E-state index is -1.35. The third-order valence-electron chi connectivity index (χ3n) is 2.96. The van der Waals surface area contributed by atoms with Crippen LogP contribution >= 0.6 is 0 Å². The fourth-order valence-corrected chi connectivity index (χ4v) is 2.52. The Morgan fingerprint density at radius 1 is 1.30 bits per heavy atom. The number of aliphatic hydroxyl groups is 1. The third kappa shape index (κ3) is 5.44. The molecule has 0 spiro atoms. The Hall–Kier alpha value is -1.17. The molecule has 0 aromatic heterocycles. The summed E-state index contributed by atoms with van der Waals surface area (Å²) in [5.41, 5.74) is -0.856. The number of carbonyl (C=O) groups excluding carboxylic acids is 1. The first-order chi connectivity index (χ1) is 9.34. The number of Topliss-reactive ketones (excluding diaryl/α,β-unsaturated/α-hetero) is 1. The molecule has 111 valence electrons. The van der Waals surface area contributed by atoms with Crippen molar-refractivity contribution in [2.45, 2.75) is 38.5 Å². The lowest BCUT2D eigenvalue weighted by Gasteiger charge is -2.15. The average Bonchev–Trinajstić information content (AvgIpc) is 2.42. The Kier molecular flexibility index (Phi) is 6.39. The summed E-state index contributed by atoms with van der Waals surface area (Å²) in [5.74, 6) is 0.446. The molecule has 0 aliphatic heterocycles. The molecule has 0 atom stereocenters. The number of hydrogen-bond acceptors (Lipinski definition) is 4. The van der Waals surface area contributed by atoms with E-state index in [2.05, 4.69) is 6.55 Å². The van der Waals surface area contributed by atoms with E-state index in [1.807, 2.05) is 0 Å². The number of rotatable bonds is 8. The minimum absolute atomic E-state index is 0.289. The van der Waals surface area contributed by atoms with E-state index < -0.39 is 14.6 Å². The summed E-state index contributed by atoms with van der Waals surface area (Å²) < 4.78 is 10.9. The van der Waals surface area contributed by atoms with E-state index in [0.29, 0.717) is 12.2 Å². The maximum absolute atomic E-state index is 11.8. The number of benzene rings is 1. The zero-order valence-corrected chi connectivity index (χ0v) is 13.6. The predicted octanol–water partition coefficient (Wildman–Crippen LogP) is 2.68. The van der Waals surface area contributed by atoms with E-state index in [9.17, 15) is 9.90 Å². The summed E-state index contributed by atoms with van der Waals surface area (Å²) in [6, 6.07) is 7.93. The first-order valence-electron chi connectivity index (χ1n) is 6.71. The van der Waals surface area contributed by atoms with Crippen LogP contribution in [-0.4, -0.2) is 39.2 Å². The van der Waals surface area contributed by atoms with Crippen molar-refractivity contribution < 1.29 is 19.1 Å². The fraction of sp³-hybridized carbons (Fsp3) is 0.533. The van der Waals surface area contributed by atoms with Crippen LogP contribution in [0.1, 0.15) is 30.6 Å². The number of ketones is 1. The SMILES string of the molecule is CO[Si](C)CCCOc1ccc(C(=O)C(C)(C)O)cc1. The molecule has 1 N–H and O–H groups in total. The van der Waals surface area contributed by atoms with E-state index in [4.69, 9.17) is 9.16 Å². The van der Waals surface area contributed by atoms with Gasteiger partial charge in [-0.3, -0.25) is 4.79 Å². The molecule has 1 rings (SSSR count). The molecule has 1 aromatic carbocycles. The number of hydrogen-bond donors (Lipinski definition) is 1. The second-order valence-electron chi connectivity index (χ2n) is 5.27. The molecular weight excluding hydrogens is 272 g/mol. The molecule has 1 radical (unpaired) electrons. The molecule has 0 fully saturated rings. The van der Waals surface area contributed by atoms with Gasteiger partial charge in [-0.05, 0) is 57.1 Å². The molecule has 0 amide bonds. The van der Waals surface area contributed by atoms with Crippen molar-refractivity contribution in [3.05, 3.63) is 29.8 Å². The number of carbonyl (C=O) groups is 1. The van der Waals surface area contributed by atoms with Gasteiger partial charge in [0.25, 0.3) is 0 Å². The zero-order chi connectivity index (χ0) is 15.2. The Morgan fingerprint density at radius 2 is 1.90 bits per heavy atom. The number of ether oxygens (including phenoxy) is 1. The topological polar surface area (TPSA) is 55.8 Å². The highest BCUT2D eigenvalue weighted by molar-refractivity contribution is 6.50. The fourth-order valence-electron chi connectivity index (χ4n) is 1.67. The summed E-state index contributed by atoms with van der Waals surface area (Å²) in [7, 11) is 1.07. The lowest BCUT2D eigenvalue weighted by atomic mass is 9.97. The van der Waals surface area contributed by atoms with Crippen molar-refractivity contribution >= 4 is 14.8 Å². The van der Waals surface area contributed by atoms with Crippen molar-refractivity contribution in [2.75, 3.05) is 13.7 Å². The van der Waals surface area contributed by atoms with Crippen LogP contribution in [0.3, 0.4) is 0 Å². The van der Waals surface area contributed by atoms with E-state index in [-0.39, 0.29) is 5.78 Å². The van der Waals surface area contributed by atoms with Crippen molar-refractivity contribution in [3.63, 3.8) is 0 Å². The Morgan fingerprint density at radius 3 is 2.40 bits per heavy atom. The van der Waals surface area contributed by atoms with Crippen LogP contribution in [0.4, 0.5) is 0 Å². The summed E-state index contributed by atoms with van der Waals surface area (Å²) in [6.45, 7) is 5.74. The molecule has 20 heavy (non-hydrogen) atoms. The van der Waals surface area contributed by atoms with Gasteiger partial charge in [-0.15, -0.1) is 0 Å². The Labute approximate surface area is 122 Å². The van der Waals surface area contributed by atoms with E-state index >= 15 is 0 Å². The smallest absolute Gasteiger partial charge is 0.207 e. The lowest BCUT2D eigenvalue weighted by Crippen LogP contribution is -2.30. The van der Waals surface area contributed by atoms with Crippen LogP contribution in [-0.2, 0) is 4.43 Å².